The number of ether oxygens (including phenoxy) is 2. The molecule has 4 aromatic rings. The van der Waals surface area contributed by atoms with Crippen molar-refractivity contribution >= 4 is 22.6 Å². The van der Waals surface area contributed by atoms with Gasteiger partial charge in [0.05, 0.1) is 24.6 Å². The Hall–Kier alpha value is -3.12. The lowest BCUT2D eigenvalue weighted by atomic mass is 10.0. The monoisotopic (exact) mass is 408 g/mol. The molecule has 0 unspecified atom stereocenters. The molecule has 6 nitrogen and oxygen atoms in total. The third-order valence-electron chi connectivity index (χ3n) is 4.34. The van der Waals surface area contributed by atoms with Crippen molar-refractivity contribution < 1.29 is 9.47 Å². The normalized spacial score (nSPS) is 11.6. The van der Waals surface area contributed by atoms with Crippen molar-refractivity contribution in [2.75, 3.05) is 7.11 Å². The molecule has 0 aliphatic rings. The standard InChI is InChI=1S/C22H21ClN4O2/c1-22(2,3)29-17-12-27-21(28-4)19(23)18(17)16-10-13(7-9-24-16)15-11-26-20-14(15)6-5-8-25-20/h5-12H,1-4H3,(H,25,26). The third-order valence-corrected chi connectivity index (χ3v) is 4.69. The summed E-state index contributed by atoms with van der Waals surface area (Å²) < 4.78 is 11.4. The van der Waals surface area contributed by atoms with Crippen molar-refractivity contribution in [2.45, 2.75) is 26.4 Å². The molecule has 148 valence electrons. The van der Waals surface area contributed by atoms with E-state index in [0.717, 1.165) is 22.2 Å². The molecule has 29 heavy (non-hydrogen) atoms. The van der Waals surface area contributed by atoms with Gasteiger partial charge in [0.1, 0.15) is 22.0 Å². The molecule has 0 aliphatic carbocycles. The van der Waals surface area contributed by atoms with E-state index in [1.807, 2.05) is 51.2 Å². The van der Waals surface area contributed by atoms with Crippen LogP contribution in [-0.2, 0) is 0 Å². The van der Waals surface area contributed by atoms with Gasteiger partial charge in [-0.05, 0) is 50.6 Å². The number of fused-ring (bicyclic) bond motifs is 1. The Bertz CT molecular complexity index is 1180. The van der Waals surface area contributed by atoms with Gasteiger partial charge in [0.2, 0.25) is 5.88 Å². The quantitative estimate of drug-likeness (QED) is 0.480. The number of H-pyrrole nitrogens is 1. The number of halogens is 1. The number of aromatic nitrogens is 4. The van der Waals surface area contributed by atoms with Gasteiger partial charge < -0.3 is 14.5 Å². The van der Waals surface area contributed by atoms with Crippen molar-refractivity contribution in [1.29, 1.82) is 0 Å². The van der Waals surface area contributed by atoms with Gasteiger partial charge in [-0.3, -0.25) is 4.98 Å². The van der Waals surface area contributed by atoms with Crippen LogP contribution in [0, 0.1) is 0 Å². The number of nitrogens with zero attached hydrogens (tertiary/aromatic N) is 3. The smallest absolute Gasteiger partial charge is 0.233 e. The molecule has 0 amide bonds. The molecule has 0 aliphatic heterocycles. The first-order valence-corrected chi connectivity index (χ1v) is 9.55. The minimum Gasteiger partial charge on any atom is -0.486 e. The van der Waals surface area contributed by atoms with E-state index < -0.39 is 5.60 Å². The van der Waals surface area contributed by atoms with E-state index in [-0.39, 0.29) is 0 Å². The topological polar surface area (TPSA) is 72.9 Å². The predicted octanol–water partition coefficient (Wildman–Crippen LogP) is 5.53. The molecule has 0 spiro atoms. The fourth-order valence-electron chi connectivity index (χ4n) is 3.17. The van der Waals surface area contributed by atoms with E-state index in [1.165, 1.54) is 7.11 Å². The highest BCUT2D eigenvalue weighted by atomic mass is 35.5. The number of aromatic amines is 1. The fourth-order valence-corrected chi connectivity index (χ4v) is 3.49. The molecular weight excluding hydrogens is 388 g/mol. The van der Waals surface area contributed by atoms with Crippen LogP contribution in [-0.4, -0.2) is 32.6 Å². The summed E-state index contributed by atoms with van der Waals surface area (Å²) in [5, 5.41) is 1.40. The third kappa shape index (κ3) is 3.76. The van der Waals surface area contributed by atoms with Crippen molar-refractivity contribution in [3.63, 3.8) is 0 Å². The summed E-state index contributed by atoms with van der Waals surface area (Å²) >= 11 is 6.63. The van der Waals surface area contributed by atoms with E-state index in [9.17, 15) is 0 Å². The van der Waals surface area contributed by atoms with Gasteiger partial charge in [0, 0.05) is 29.5 Å². The molecule has 4 rings (SSSR count). The maximum absolute atomic E-state index is 6.63. The van der Waals surface area contributed by atoms with Gasteiger partial charge in [0.15, 0.2) is 0 Å². The Labute approximate surface area is 173 Å². The number of methoxy groups -OCH3 is 1. The van der Waals surface area contributed by atoms with E-state index in [2.05, 4.69) is 19.9 Å². The van der Waals surface area contributed by atoms with Crippen LogP contribution in [0.15, 0.2) is 49.1 Å². The largest absolute Gasteiger partial charge is 0.486 e. The molecule has 4 heterocycles. The molecule has 0 bridgehead atoms. The van der Waals surface area contributed by atoms with Crippen LogP contribution in [0.1, 0.15) is 20.8 Å². The van der Waals surface area contributed by atoms with Crippen LogP contribution in [0.25, 0.3) is 33.4 Å². The highest BCUT2D eigenvalue weighted by Crippen LogP contribution is 2.42. The zero-order valence-electron chi connectivity index (χ0n) is 16.7. The molecule has 0 radical (unpaired) electrons. The molecule has 7 heteroatoms. The van der Waals surface area contributed by atoms with Crippen LogP contribution in [0.4, 0.5) is 0 Å². The minimum atomic E-state index is -0.422. The lowest BCUT2D eigenvalue weighted by Crippen LogP contribution is -2.23. The van der Waals surface area contributed by atoms with E-state index in [0.29, 0.717) is 27.9 Å². The highest BCUT2D eigenvalue weighted by Gasteiger charge is 2.22. The molecule has 0 saturated heterocycles. The lowest BCUT2D eigenvalue weighted by Gasteiger charge is -2.23. The fraction of sp³-hybridized carbons (Fsp3) is 0.227. The van der Waals surface area contributed by atoms with Gasteiger partial charge in [-0.2, -0.15) is 0 Å². The summed E-state index contributed by atoms with van der Waals surface area (Å²) in [5.74, 6) is 0.875. The molecule has 0 aromatic carbocycles. The first-order chi connectivity index (χ1) is 13.9. The van der Waals surface area contributed by atoms with Gasteiger partial charge in [0.25, 0.3) is 0 Å². The van der Waals surface area contributed by atoms with Crippen molar-refractivity contribution in [1.82, 2.24) is 19.9 Å². The number of pyridine rings is 3. The molecule has 0 saturated carbocycles. The Balaban J connectivity index is 1.88. The Kier molecular flexibility index (Phi) is 4.88. The second-order valence-corrected chi connectivity index (χ2v) is 7.94. The number of rotatable bonds is 4. The Morgan fingerprint density at radius 3 is 2.66 bits per heavy atom. The highest BCUT2D eigenvalue weighted by molar-refractivity contribution is 6.34. The maximum atomic E-state index is 6.63. The number of hydrogen-bond donors (Lipinski definition) is 1. The van der Waals surface area contributed by atoms with Gasteiger partial charge in [-0.1, -0.05) is 11.6 Å². The average molecular weight is 409 g/mol. The van der Waals surface area contributed by atoms with Gasteiger partial charge >= 0.3 is 0 Å². The summed E-state index contributed by atoms with van der Waals surface area (Å²) in [6.45, 7) is 5.91. The first-order valence-electron chi connectivity index (χ1n) is 9.18. The molecule has 4 aromatic heterocycles. The Morgan fingerprint density at radius 2 is 1.90 bits per heavy atom. The van der Waals surface area contributed by atoms with Crippen molar-refractivity contribution in [3.8, 4) is 34.0 Å². The zero-order valence-corrected chi connectivity index (χ0v) is 17.4. The van der Waals surface area contributed by atoms with Crippen LogP contribution in [0.3, 0.4) is 0 Å². The maximum Gasteiger partial charge on any atom is 0.233 e. The number of nitrogens with one attached hydrogen (secondary N) is 1. The van der Waals surface area contributed by atoms with Crippen LogP contribution in [0.2, 0.25) is 5.02 Å². The minimum absolute atomic E-state index is 0.325. The molecular formula is C22H21ClN4O2. The molecule has 0 fully saturated rings. The summed E-state index contributed by atoms with van der Waals surface area (Å²) in [5.41, 5.74) is 3.75. The second-order valence-electron chi connectivity index (χ2n) is 7.57. The van der Waals surface area contributed by atoms with E-state index in [4.69, 9.17) is 21.1 Å². The van der Waals surface area contributed by atoms with Crippen LogP contribution >= 0.6 is 11.6 Å². The predicted molar refractivity (Wildman–Crippen MR) is 114 cm³/mol. The van der Waals surface area contributed by atoms with Gasteiger partial charge in [-0.15, -0.1) is 0 Å². The Morgan fingerprint density at radius 1 is 1.07 bits per heavy atom. The summed E-state index contributed by atoms with van der Waals surface area (Å²) in [7, 11) is 1.53. The van der Waals surface area contributed by atoms with Crippen LogP contribution in [0.5, 0.6) is 11.6 Å². The first kappa shape index (κ1) is 19.2. The lowest BCUT2D eigenvalue weighted by molar-refractivity contribution is 0.131. The van der Waals surface area contributed by atoms with Crippen LogP contribution < -0.4 is 9.47 Å². The van der Waals surface area contributed by atoms with E-state index in [1.54, 1.807) is 18.6 Å². The van der Waals surface area contributed by atoms with Crippen molar-refractivity contribution in [3.05, 3.63) is 54.1 Å². The zero-order chi connectivity index (χ0) is 20.6. The second kappa shape index (κ2) is 7.37. The summed E-state index contributed by atoms with van der Waals surface area (Å²) in [4.78, 5) is 16.4. The molecule has 1 N–H and O–H groups in total. The van der Waals surface area contributed by atoms with E-state index >= 15 is 0 Å². The summed E-state index contributed by atoms with van der Waals surface area (Å²) in [6.07, 6.45) is 7.08. The number of hydrogen-bond acceptors (Lipinski definition) is 5. The molecule has 0 atom stereocenters. The average Bonchev–Trinajstić information content (AvgIpc) is 3.11. The van der Waals surface area contributed by atoms with Gasteiger partial charge in [-0.25, -0.2) is 9.97 Å². The SMILES string of the molecule is COc1ncc(OC(C)(C)C)c(-c2cc(-c3c[nH]c4ncccc34)ccn2)c1Cl. The van der Waals surface area contributed by atoms with Crippen molar-refractivity contribution in [2.24, 2.45) is 0 Å². The summed E-state index contributed by atoms with van der Waals surface area (Å²) in [6, 6.07) is 7.88.